The molecule has 0 aliphatic heterocycles. The van der Waals surface area contributed by atoms with Crippen molar-refractivity contribution >= 4 is 0 Å². The Labute approximate surface area is 202 Å². The van der Waals surface area contributed by atoms with E-state index in [0.717, 1.165) is 38.5 Å². The van der Waals surface area contributed by atoms with E-state index in [1.54, 1.807) is 11.1 Å². The summed E-state index contributed by atoms with van der Waals surface area (Å²) in [6.45, 7) is 17.0. The van der Waals surface area contributed by atoms with Crippen LogP contribution >= 0.6 is 0 Å². The van der Waals surface area contributed by atoms with Crippen molar-refractivity contribution in [2.45, 2.75) is 125 Å². The highest BCUT2D eigenvalue weighted by atomic mass is 16.3. The van der Waals surface area contributed by atoms with Crippen LogP contribution < -0.4 is 0 Å². The van der Waals surface area contributed by atoms with Gasteiger partial charge < -0.3 is 15.3 Å². The molecule has 0 aromatic carbocycles. The van der Waals surface area contributed by atoms with Crippen molar-refractivity contribution < 1.29 is 15.3 Å². The first-order chi connectivity index (χ1) is 15.2. The summed E-state index contributed by atoms with van der Waals surface area (Å²) in [6, 6.07) is 0. The van der Waals surface area contributed by atoms with E-state index in [-0.39, 0.29) is 51.3 Å². The van der Waals surface area contributed by atoms with Gasteiger partial charge in [-0.3, -0.25) is 0 Å². The summed E-state index contributed by atoms with van der Waals surface area (Å²) in [5.74, 6) is 1.02. The Morgan fingerprint density at radius 1 is 0.758 bits per heavy atom. The summed E-state index contributed by atoms with van der Waals surface area (Å²) in [7, 11) is 0. The molecule has 4 saturated carbocycles. The molecular weight excluding hydrogens is 408 g/mol. The van der Waals surface area contributed by atoms with Crippen LogP contribution in [0.2, 0.25) is 0 Å². The molecule has 0 aromatic heterocycles. The Hall–Kier alpha value is -0.380. The van der Waals surface area contributed by atoms with E-state index >= 15 is 0 Å². The Balaban J connectivity index is 1.60. The summed E-state index contributed by atoms with van der Waals surface area (Å²) in [5.41, 5.74) is 3.69. The zero-order chi connectivity index (χ0) is 24.2. The monoisotopic (exact) mass is 458 g/mol. The van der Waals surface area contributed by atoms with Gasteiger partial charge in [-0.25, -0.2) is 0 Å². The van der Waals surface area contributed by atoms with Gasteiger partial charge in [0, 0.05) is 10.8 Å². The van der Waals surface area contributed by atoms with E-state index in [9.17, 15) is 15.3 Å². The third kappa shape index (κ3) is 2.91. The molecule has 0 heterocycles. The SMILES string of the molecule is CC1(C)CC2=C3CC[C@@H]4[C@@]5(C)CCC(O)C(C)(CO)C5CC[C@@]4(C)[C@]3(C)CC[C@@]2(C)C(O)C1. The second kappa shape index (κ2) is 7.10. The van der Waals surface area contributed by atoms with Gasteiger partial charge in [0.25, 0.3) is 0 Å². The molecule has 5 rings (SSSR count). The lowest BCUT2D eigenvalue weighted by Gasteiger charge is -2.71. The van der Waals surface area contributed by atoms with E-state index in [4.69, 9.17) is 0 Å². The van der Waals surface area contributed by atoms with Gasteiger partial charge in [-0.05, 0) is 97.7 Å². The normalized spacial score (nSPS) is 55.8. The quantitative estimate of drug-likeness (QED) is 0.407. The third-order valence-electron chi connectivity index (χ3n) is 13.1. The van der Waals surface area contributed by atoms with Crippen LogP contribution in [0.3, 0.4) is 0 Å². The number of hydrogen-bond donors (Lipinski definition) is 3. The van der Waals surface area contributed by atoms with Crippen LogP contribution in [-0.2, 0) is 0 Å². The molecule has 5 aliphatic carbocycles. The summed E-state index contributed by atoms with van der Waals surface area (Å²) in [4.78, 5) is 0. The number of allylic oxidation sites excluding steroid dienone is 1. The summed E-state index contributed by atoms with van der Waals surface area (Å²) in [6.07, 6.45) is 10.3. The molecule has 0 radical (unpaired) electrons. The topological polar surface area (TPSA) is 60.7 Å². The van der Waals surface area contributed by atoms with Crippen LogP contribution in [0.4, 0.5) is 0 Å². The van der Waals surface area contributed by atoms with Crippen LogP contribution in [-0.4, -0.2) is 34.1 Å². The molecule has 0 aromatic rings. The van der Waals surface area contributed by atoms with Crippen molar-refractivity contribution in [3.63, 3.8) is 0 Å². The molecule has 3 N–H and O–H groups in total. The Bertz CT molecular complexity index is 861. The minimum atomic E-state index is -0.386. The Kier molecular flexibility index (Phi) is 5.23. The fourth-order valence-electron chi connectivity index (χ4n) is 10.7. The molecule has 188 valence electrons. The van der Waals surface area contributed by atoms with E-state index in [1.807, 2.05) is 0 Å². The highest BCUT2D eigenvalue weighted by molar-refractivity contribution is 5.39. The lowest BCUT2D eigenvalue weighted by Crippen LogP contribution is -2.65. The van der Waals surface area contributed by atoms with Crippen LogP contribution in [0.1, 0.15) is 113 Å². The number of fused-ring (bicyclic) bond motifs is 6. The number of rotatable bonds is 1. The lowest BCUT2D eigenvalue weighted by molar-refractivity contribution is -0.217. The van der Waals surface area contributed by atoms with Crippen LogP contribution in [0.25, 0.3) is 0 Å². The molecule has 3 heteroatoms. The van der Waals surface area contributed by atoms with Crippen LogP contribution in [0.15, 0.2) is 11.1 Å². The van der Waals surface area contributed by atoms with Gasteiger partial charge in [-0.15, -0.1) is 0 Å². The van der Waals surface area contributed by atoms with Gasteiger partial charge in [0.1, 0.15) is 0 Å². The molecule has 0 amide bonds. The maximum atomic E-state index is 11.3. The van der Waals surface area contributed by atoms with Crippen LogP contribution in [0.5, 0.6) is 0 Å². The third-order valence-corrected chi connectivity index (χ3v) is 13.1. The van der Waals surface area contributed by atoms with E-state index in [2.05, 4.69) is 48.5 Å². The molecule has 33 heavy (non-hydrogen) atoms. The Morgan fingerprint density at radius 2 is 1.45 bits per heavy atom. The average Bonchev–Trinajstić information content (AvgIpc) is 2.73. The van der Waals surface area contributed by atoms with Crippen molar-refractivity contribution in [3.8, 4) is 0 Å². The minimum Gasteiger partial charge on any atom is -0.396 e. The molecule has 4 unspecified atom stereocenters. The summed E-state index contributed by atoms with van der Waals surface area (Å²) in [5, 5.41) is 32.6. The zero-order valence-electron chi connectivity index (χ0n) is 22.4. The minimum absolute atomic E-state index is 0.0426. The fraction of sp³-hybridized carbons (Fsp3) is 0.933. The number of aliphatic hydroxyl groups is 3. The molecule has 0 bridgehead atoms. The first kappa shape index (κ1) is 24.3. The predicted molar refractivity (Wildman–Crippen MR) is 134 cm³/mol. The second-order valence-corrected chi connectivity index (χ2v) is 15.1. The molecule has 0 spiro atoms. The summed E-state index contributed by atoms with van der Waals surface area (Å²) < 4.78 is 0. The molecular formula is C30H50O3. The summed E-state index contributed by atoms with van der Waals surface area (Å²) >= 11 is 0. The standard InChI is InChI=1S/C30H50O3/c1-25(2)16-20-19-8-9-22-27(4)12-11-23(32)28(5,18-31)21(27)10-13-30(22,7)29(19,6)15-14-26(20,3)24(33)17-25/h21-24,31-33H,8-18H2,1-7H3/t21?,22-,23?,24?,26-,27+,28?,29-,30-/m1/s1. The van der Waals surface area contributed by atoms with Crippen LogP contribution in [0, 0.1) is 44.3 Å². The van der Waals surface area contributed by atoms with E-state index in [0.29, 0.717) is 11.8 Å². The smallest absolute Gasteiger partial charge is 0.0636 e. The molecule has 9 atom stereocenters. The molecule has 0 saturated heterocycles. The number of aliphatic hydroxyl groups excluding tert-OH is 3. The van der Waals surface area contributed by atoms with Gasteiger partial charge >= 0.3 is 0 Å². The molecule has 5 aliphatic rings. The molecule has 3 nitrogen and oxygen atoms in total. The first-order valence-electron chi connectivity index (χ1n) is 13.9. The second-order valence-electron chi connectivity index (χ2n) is 15.1. The van der Waals surface area contributed by atoms with Gasteiger partial charge in [-0.1, -0.05) is 59.6 Å². The first-order valence-corrected chi connectivity index (χ1v) is 13.9. The number of hydrogen-bond acceptors (Lipinski definition) is 3. The molecule has 4 fully saturated rings. The highest BCUT2D eigenvalue weighted by Gasteiger charge is 2.68. The van der Waals surface area contributed by atoms with Crippen molar-refractivity contribution in [1.29, 1.82) is 0 Å². The lowest BCUT2D eigenvalue weighted by atomic mass is 9.34. The van der Waals surface area contributed by atoms with Crippen molar-refractivity contribution in [2.75, 3.05) is 6.61 Å². The van der Waals surface area contributed by atoms with Crippen molar-refractivity contribution in [3.05, 3.63) is 11.1 Å². The maximum Gasteiger partial charge on any atom is 0.0636 e. The zero-order valence-corrected chi connectivity index (χ0v) is 22.4. The van der Waals surface area contributed by atoms with Gasteiger partial charge in [0.05, 0.1) is 18.8 Å². The average molecular weight is 459 g/mol. The Morgan fingerprint density at radius 3 is 2.12 bits per heavy atom. The van der Waals surface area contributed by atoms with Crippen molar-refractivity contribution in [2.24, 2.45) is 44.3 Å². The van der Waals surface area contributed by atoms with Gasteiger partial charge in [0.15, 0.2) is 0 Å². The fourth-order valence-corrected chi connectivity index (χ4v) is 10.7. The van der Waals surface area contributed by atoms with Crippen molar-refractivity contribution in [1.82, 2.24) is 0 Å². The predicted octanol–water partition coefficient (Wildman–Crippen LogP) is 6.26. The largest absolute Gasteiger partial charge is 0.396 e. The highest BCUT2D eigenvalue weighted by Crippen LogP contribution is 2.75. The van der Waals surface area contributed by atoms with E-state index < -0.39 is 0 Å². The maximum absolute atomic E-state index is 11.3. The van der Waals surface area contributed by atoms with Gasteiger partial charge in [0.2, 0.25) is 0 Å². The van der Waals surface area contributed by atoms with E-state index in [1.165, 1.54) is 25.7 Å². The van der Waals surface area contributed by atoms with Gasteiger partial charge in [-0.2, -0.15) is 0 Å².